The first kappa shape index (κ1) is 14.1. The molecule has 0 unspecified atom stereocenters. The normalized spacial score (nSPS) is 9.60. The van der Waals surface area contributed by atoms with Crippen molar-refractivity contribution < 1.29 is 0 Å². The van der Waals surface area contributed by atoms with Gasteiger partial charge in [0.2, 0.25) is 0 Å². The summed E-state index contributed by atoms with van der Waals surface area (Å²) in [5.41, 5.74) is 2.54. The summed E-state index contributed by atoms with van der Waals surface area (Å²) in [6.07, 6.45) is 5.39. The Kier molecular flexibility index (Phi) is 7.95. The molecule has 0 N–H and O–H groups in total. The highest BCUT2D eigenvalue weighted by atomic mass is 31.0. The fourth-order valence-corrected chi connectivity index (χ4v) is 1.08. The molecule has 0 amide bonds. The van der Waals surface area contributed by atoms with Crippen LogP contribution in [-0.4, -0.2) is 5.29 Å². The Bertz CT molecular complexity index is 324. The second-order valence-corrected chi connectivity index (χ2v) is 4.43. The monoisotopic (exact) mass is 220 g/mol. The predicted octanol–water partition coefficient (Wildman–Crippen LogP) is 4.76. The van der Waals surface area contributed by atoms with Crippen molar-refractivity contribution in [2.45, 2.75) is 34.1 Å². The highest BCUT2D eigenvalue weighted by molar-refractivity contribution is 7.21. The topological polar surface area (TPSA) is 0 Å². The second kappa shape index (κ2) is 8.44. The number of hydrogen-bond donors (Lipinski definition) is 0. The molecule has 0 atom stereocenters. The highest BCUT2D eigenvalue weighted by Crippen LogP contribution is 2.05. The average molecular weight is 220 g/mol. The average Bonchev–Trinajstić information content (AvgIpc) is 2.16. The molecular formula is C14H21P. The molecule has 0 saturated carbocycles. The van der Waals surface area contributed by atoms with Crippen molar-refractivity contribution in [2.75, 3.05) is 0 Å². The van der Waals surface area contributed by atoms with Gasteiger partial charge < -0.3 is 0 Å². The van der Waals surface area contributed by atoms with Crippen LogP contribution in [0.5, 0.6) is 0 Å². The van der Waals surface area contributed by atoms with Crippen LogP contribution in [0.4, 0.5) is 0 Å². The lowest BCUT2D eigenvalue weighted by molar-refractivity contribution is 1.09. The first-order chi connectivity index (χ1) is 7.10. The Morgan fingerprint density at radius 3 is 2.40 bits per heavy atom. The molecule has 0 aliphatic heterocycles. The van der Waals surface area contributed by atoms with Gasteiger partial charge in [0.25, 0.3) is 0 Å². The lowest BCUT2D eigenvalue weighted by Gasteiger charge is -1.94. The van der Waals surface area contributed by atoms with Gasteiger partial charge in [0.1, 0.15) is 0 Å². The van der Waals surface area contributed by atoms with Gasteiger partial charge in [0.05, 0.1) is 0 Å². The lowest BCUT2D eigenvalue weighted by Crippen LogP contribution is -1.77. The van der Waals surface area contributed by atoms with E-state index in [9.17, 15) is 0 Å². The maximum atomic E-state index is 3.43. The maximum Gasteiger partial charge on any atom is -0.0254 e. The molecule has 1 aromatic carbocycles. The third-order valence-corrected chi connectivity index (χ3v) is 1.73. The van der Waals surface area contributed by atoms with Gasteiger partial charge in [-0.05, 0) is 24.7 Å². The molecule has 0 aromatic heterocycles. The van der Waals surface area contributed by atoms with E-state index in [0.29, 0.717) is 0 Å². The van der Waals surface area contributed by atoms with Crippen LogP contribution in [0.1, 0.15) is 38.3 Å². The van der Waals surface area contributed by atoms with Crippen molar-refractivity contribution in [3.63, 3.8) is 0 Å². The van der Waals surface area contributed by atoms with Gasteiger partial charge >= 0.3 is 0 Å². The lowest BCUT2D eigenvalue weighted by atomic mass is 10.1. The number of rotatable bonds is 2. The van der Waals surface area contributed by atoms with Gasteiger partial charge in [-0.3, -0.25) is 0 Å². The summed E-state index contributed by atoms with van der Waals surface area (Å²) in [4.78, 5) is 0. The molecule has 0 aliphatic carbocycles. The molecule has 0 spiro atoms. The molecule has 0 fully saturated rings. The summed E-state index contributed by atoms with van der Waals surface area (Å²) in [5.74, 6) is 0. The number of allylic oxidation sites excluding steroid dienone is 1. The molecule has 0 bridgehead atoms. The van der Waals surface area contributed by atoms with Gasteiger partial charge in [-0.15, -0.1) is 8.86 Å². The van der Waals surface area contributed by atoms with Crippen LogP contribution >= 0.6 is 8.86 Å². The zero-order valence-electron chi connectivity index (χ0n) is 10.2. The summed E-state index contributed by atoms with van der Waals surface area (Å²) in [7, 11) is 3.43. The van der Waals surface area contributed by atoms with Crippen LogP contribution in [0, 0.1) is 6.92 Å². The van der Waals surface area contributed by atoms with Crippen LogP contribution in [0.15, 0.2) is 30.3 Å². The second-order valence-electron chi connectivity index (χ2n) is 3.64. The van der Waals surface area contributed by atoms with Crippen molar-refractivity contribution in [2.24, 2.45) is 0 Å². The van der Waals surface area contributed by atoms with Gasteiger partial charge in [-0.25, -0.2) is 0 Å². The molecule has 1 heteroatoms. The van der Waals surface area contributed by atoms with E-state index in [4.69, 9.17) is 0 Å². The van der Waals surface area contributed by atoms with Crippen LogP contribution in [0.3, 0.4) is 0 Å². The van der Waals surface area contributed by atoms with Gasteiger partial charge in [0, 0.05) is 0 Å². The number of benzene rings is 1. The van der Waals surface area contributed by atoms with E-state index >= 15 is 0 Å². The number of hydrogen-bond acceptors (Lipinski definition) is 0. The molecule has 1 rings (SSSR count). The summed E-state index contributed by atoms with van der Waals surface area (Å²) >= 11 is 0. The van der Waals surface area contributed by atoms with E-state index in [2.05, 4.69) is 60.0 Å². The van der Waals surface area contributed by atoms with E-state index in [1.165, 1.54) is 17.5 Å². The SMILES string of the molecule is CC(=P)/C=C/c1cccc(C)c1.CCC. The van der Waals surface area contributed by atoms with E-state index in [1.807, 2.05) is 13.0 Å². The third-order valence-electron chi connectivity index (χ3n) is 1.57. The Morgan fingerprint density at radius 2 is 1.93 bits per heavy atom. The van der Waals surface area contributed by atoms with Crippen molar-refractivity contribution >= 4 is 20.2 Å². The van der Waals surface area contributed by atoms with Crippen molar-refractivity contribution in [1.29, 1.82) is 0 Å². The van der Waals surface area contributed by atoms with Crippen molar-refractivity contribution in [1.82, 2.24) is 0 Å². The van der Waals surface area contributed by atoms with E-state index in [-0.39, 0.29) is 0 Å². The smallest absolute Gasteiger partial charge is 0.0254 e. The fraction of sp³-hybridized carbons (Fsp3) is 0.357. The number of aryl methyl sites for hydroxylation is 1. The van der Waals surface area contributed by atoms with Crippen LogP contribution in [-0.2, 0) is 0 Å². The molecular weight excluding hydrogens is 199 g/mol. The maximum absolute atomic E-state index is 3.43. The van der Waals surface area contributed by atoms with E-state index in [0.717, 1.165) is 5.29 Å². The van der Waals surface area contributed by atoms with Gasteiger partial charge in [-0.1, -0.05) is 62.2 Å². The molecule has 82 valence electrons. The highest BCUT2D eigenvalue weighted by Gasteiger charge is 1.86. The molecule has 15 heavy (non-hydrogen) atoms. The predicted molar refractivity (Wildman–Crippen MR) is 75.2 cm³/mol. The Hall–Kier alpha value is -0.870. The van der Waals surface area contributed by atoms with E-state index < -0.39 is 0 Å². The first-order valence-electron chi connectivity index (χ1n) is 5.40. The molecule has 0 aliphatic rings. The molecule has 0 radical (unpaired) electrons. The first-order valence-corrected chi connectivity index (χ1v) is 5.90. The van der Waals surface area contributed by atoms with Crippen molar-refractivity contribution in [3.05, 3.63) is 41.5 Å². The molecule has 0 nitrogen and oxygen atoms in total. The zero-order valence-corrected chi connectivity index (χ0v) is 11.2. The minimum Gasteiger partial charge on any atom is -0.119 e. The standard InChI is InChI=1S/C11H13P.C3H8/c1-9-4-3-5-11(8-9)7-6-10(2)12;1-3-2/h3-8,12H,1-2H3;3H2,1-2H3/b7-6+;. The fourth-order valence-electron chi connectivity index (χ4n) is 0.995. The minimum atomic E-state index is 1.14. The Morgan fingerprint density at radius 1 is 1.33 bits per heavy atom. The zero-order chi connectivity index (χ0) is 11.7. The van der Waals surface area contributed by atoms with Crippen molar-refractivity contribution in [3.8, 4) is 0 Å². The van der Waals surface area contributed by atoms with E-state index in [1.54, 1.807) is 0 Å². The summed E-state index contributed by atoms with van der Waals surface area (Å²) < 4.78 is 0. The van der Waals surface area contributed by atoms with Crippen LogP contribution < -0.4 is 0 Å². The summed E-state index contributed by atoms with van der Waals surface area (Å²) in [6.45, 7) is 8.37. The van der Waals surface area contributed by atoms with Crippen LogP contribution in [0.25, 0.3) is 6.08 Å². The summed E-state index contributed by atoms with van der Waals surface area (Å²) in [5, 5.41) is 1.14. The van der Waals surface area contributed by atoms with Gasteiger partial charge in [0.15, 0.2) is 0 Å². The Labute approximate surface area is 96.3 Å². The largest absolute Gasteiger partial charge is 0.119 e. The van der Waals surface area contributed by atoms with Crippen LogP contribution in [0.2, 0.25) is 0 Å². The minimum absolute atomic E-state index is 1.14. The molecule has 0 heterocycles. The summed E-state index contributed by atoms with van der Waals surface area (Å²) in [6, 6.07) is 8.42. The molecule has 0 saturated heterocycles. The Balaban J connectivity index is 0.000000583. The van der Waals surface area contributed by atoms with Gasteiger partial charge in [-0.2, -0.15) is 0 Å². The molecule has 1 aromatic rings. The quantitative estimate of drug-likeness (QED) is 0.630. The third kappa shape index (κ3) is 8.15.